The molecular formula is C28H35ClO12. The predicted molar refractivity (Wildman–Crippen MR) is 139 cm³/mol. The fourth-order valence-corrected chi connectivity index (χ4v) is 7.13. The van der Waals surface area contributed by atoms with Crippen LogP contribution in [0, 0.1) is 17.3 Å². The number of carbonyl (C=O) groups is 5. The molecule has 0 aromatic rings. The molecule has 2 aliphatic carbocycles. The van der Waals surface area contributed by atoms with Gasteiger partial charge in [-0.25, -0.2) is 0 Å². The van der Waals surface area contributed by atoms with E-state index < -0.39 is 94.2 Å². The Kier molecular flexibility index (Phi) is 8.09. The van der Waals surface area contributed by atoms with E-state index in [-0.39, 0.29) is 18.6 Å². The second-order valence-electron chi connectivity index (χ2n) is 11.4. The first-order chi connectivity index (χ1) is 19.0. The lowest BCUT2D eigenvalue weighted by atomic mass is 9.52. The lowest BCUT2D eigenvalue weighted by molar-refractivity contribution is -0.254. The molecule has 12 nitrogen and oxygen atoms in total. The molecule has 41 heavy (non-hydrogen) atoms. The summed E-state index contributed by atoms with van der Waals surface area (Å²) in [6.07, 6.45) is -3.54. The van der Waals surface area contributed by atoms with Gasteiger partial charge in [0, 0.05) is 40.0 Å². The normalized spacial score (nSPS) is 44.0. The third kappa shape index (κ3) is 5.03. The molecular weight excluding hydrogens is 564 g/mol. The van der Waals surface area contributed by atoms with Crippen LogP contribution in [0.15, 0.2) is 24.3 Å². The first-order valence-electron chi connectivity index (χ1n) is 13.3. The smallest absolute Gasteiger partial charge is 0.312 e. The lowest BCUT2D eigenvalue weighted by Gasteiger charge is -2.57. The zero-order valence-corrected chi connectivity index (χ0v) is 24.5. The topological polar surface area (TPSA) is 164 Å². The van der Waals surface area contributed by atoms with Crippen molar-refractivity contribution >= 4 is 41.4 Å². The molecule has 13 heteroatoms. The SMILES string of the molecule is C=C1/C=C/[C@H](OC(C)=O)[C@@]2(C)[C@@H](OC(C)=O)C[C@H](OC(C)=O)[C@]3(CO3)[C@@H]2C(OC(C)=O)[C@@]2(O)[C@H](OC(=O)[C@@H]2C)[C@H]1Cl. The molecule has 4 aliphatic rings. The number of hydrogen-bond donors (Lipinski definition) is 1. The second-order valence-corrected chi connectivity index (χ2v) is 11.9. The van der Waals surface area contributed by atoms with Gasteiger partial charge in [0.1, 0.15) is 30.0 Å². The van der Waals surface area contributed by atoms with E-state index in [1.54, 1.807) is 6.92 Å². The van der Waals surface area contributed by atoms with Crippen LogP contribution in [-0.4, -0.2) is 88.7 Å². The number of fused-ring (bicyclic) bond motifs is 3. The molecule has 0 bridgehead atoms. The largest absolute Gasteiger partial charge is 0.462 e. The number of halogens is 1. The summed E-state index contributed by atoms with van der Waals surface area (Å²) in [5, 5.41) is 11.3. The average Bonchev–Trinajstić information content (AvgIpc) is 3.61. The maximum Gasteiger partial charge on any atom is 0.312 e. The van der Waals surface area contributed by atoms with Gasteiger partial charge in [-0.3, -0.25) is 24.0 Å². The minimum Gasteiger partial charge on any atom is -0.462 e. The number of alkyl halides is 1. The van der Waals surface area contributed by atoms with Gasteiger partial charge < -0.3 is 33.5 Å². The van der Waals surface area contributed by atoms with Crippen molar-refractivity contribution < 1.29 is 57.5 Å². The summed E-state index contributed by atoms with van der Waals surface area (Å²) in [5.41, 5.74) is -5.00. The molecule has 1 saturated carbocycles. The first kappa shape index (κ1) is 31.0. The van der Waals surface area contributed by atoms with Crippen LogP contribution in [0.2, 0.25) is 0 Å². The van der Waals surface area contributed by atoms with E-state index in [0.717, 1.165) is 6.92 Å². The van der Waals surface area contributed by atoms with Crippen LogP contribution in [0.4, 0.5) is 0 Å². The van der Waals surface area contributed by atoms with E-state index in [0.29, 0.717) is 0 Å². The summed E-state index contributed by atoms with van der Waals surface area (Å²) in [4.78, 5) is 62.8. The van der Waals surface area contributed by atoms with Gasteiger partial charge in [-0.1, -0.05) is 19.6 Å². The molecule has 1 spiro atoms. The van der Waals surface area contributed by atoms with Crippen molar-refractivity contribution in [2.45, 2.75) is 95.1 Å². The molecule has 0 radical (unpaired) electrons. The Morgan fingerprint density at radius 2 is 1.54 bits per heavy atom. The number of aliphatic hydroxyl groups is 1. The van der Waals surface area contributed by atoms with Crippen LogP contribution < -0.4 is 0 Å². The van der Waals surface area contributed by atoms with E-state index >= 15 is 0 Å². The van der Waals surface area contributed by atoms with E-state index in [1.807, 2.05) is 0 Å². The van der Waals surface area contributed by atoms with Gasteiger partial charge in [0.25, 0.3) is 0 Å². The first-order valence-corrected chi connectivity index (χ1v) is 13.7. The fourth-order valence-electron chi connectivity index (χ4n) is 6.81. The number of rotatable bonds is 4. The van der Waals surface area contributed by atoms with Crippen LogP contribution in [0.1, 0.15) is 48.0 Å². The molecule has 4 rings (SSSR count). The van der Waals surface area contributed by atoms with Crippen molar-refractivity contribution in [2.24, 2.45) is 17.3 Å². The van der Waals surface area contributed by atoms with Crippen LogP contribution in [-0.2, 0) is 52.4 Å². The maximum absolute atomic E-state index is 13.0. The van der Waals surface area contributed by atoms with Crippen molar-refractivity contribution in [2.75, 3.05) is 6.61 Å². The van der Waals surface area contributed by atoms with Gasteiger partial charge >= 0.3 is 29.8 Å². The Bertz CT molecular complexity index is 1190. The summed E-state index contributed by atoms with van der Waals surface area (Å²) in [6.45, 7) is 11.7. The Morgan fingerprint density at radius 1 is 1.00 bits per heavy atom. The van der Waals surface area contributed by atoms with Crippen LogP contribution in [0.5, 0.6) is 0 Å². The summed E-state index contributed by atoms with van der Waals surface area (Å²) < 4.78 is 34.7. The molecule has 2 heterocycles. The summed E-state index contributed by atoms with van der Waals surface area (Å²) >= 11 is 6.73. The number of epoxide rings is 1. The maximum atomic E-state index is 13.0. The zero-order chi connectivity index (χ0) is 30.7. The predicted octanol–water partition coefficient (Wildman–Crippen LogP) is 1.53. The Labute approximate surface area is 242 Å². The molecule has 1 N–H and O–H groups in total. The third-order valence-electron chi connectivity index (χ3n) is 8.77. The van der Waals surface area contributed by atoms with Crippen LogP contribution in [0.25, 0.3) is 0 Å². The molecule has 226 valence electrons. The second kappa shape index (κ2) is 10.7. The van der Waals surface area contributed by atoms with Crippen molar-refractivity contribution in [1.82, 2.24) is 0 Å². The highest BCUT2D eigenvalue weighted by molar-refractivity contribution is 6.23. The number of allylic oxidation sites excluding steroid dienone is 1. The highest BCUT2D eigenvalue weighted by Gasteiger charge is 2.78. The van der Waals surface area contributed by atoms with Crippen molar-refractivity contribution in [3.05, 3.63) is 24.3 Å². The molecule has 2 saturated heterocycles. The zero-order valence-electron chi connectivity index (χ0n) is 23.7. The van der Waals surface area contributed by atoms with Gasteiger partial charge in [-0.15, -0.1) is 11.6 Å². The van der Waals surface area contributed by atoms with Gasteiger partial charge in [0.2, 0.25) is 0 Å². The number of hydrogen-bond acceptors (Lipinski definition) is 12. The van der Waals surface area contributed by atoms with Gasteiger partial charge in [-0.2, -0.15) is 0 Å². The molecule has 3 fully saturated rings. The lowest BCUT2D eigenvalue weighted by Crippen LogP contribution is -2.72. The molecule has 1 unspecified atom stereocenters. The number of ether oxygens (including phenoxy) is 6. The van der Waals surface area contributed by atoms with E-state index in [9.17, 15) is 29.1 Å². The molecule has 2 aliphatic heterocycles. The monoisotopic (exact) mass is 598 g/mol. The minimum absolute atomic E-state index is 0.0206. The average molecular weight is 599 g/mol. The molecule has 0 aromatic heterocycles. The quantitative estimate of drug-likeness (QED) is 0.215. The van der Waals surface area contributed by atoms with E-state index in [2.05, 4.69) is 6.58 Å². The van der Waals surface area contributed by atoms with Crippen molar-refractivity contribution in [1.29, 1.82) is 0 Å². The van der Waals surface area contributed by atoms with Crippen molar-refractivity contribution in [3.63, 3.8) is 0 Å². The minimum atomic E-state index is -2.28. The third-order valence-corrected chi connectivity index (χ3v) is 9.28. The van der Waals surface area contributed by atoms with E-state index in [1.165, 1.54) is 39.8 Å². The fraction of sp³-hybridized carbons (Fsp3) is 0.679. The molecule has 0 amide bonds. The Morgan fingerprint density at radius 3 is 2.05 bits per heavy atom. The number of esters is 5. The summed E-state index contributed by atoms with van der Waals surface area (Å²) in [5.74, 6) is -6.15. The Balaban J connectivity index is 2.09. The van der Waals surface area contributed by atoms with Gasteiger partial charge in [0.15, 0.2) is 11.7 Å². The Hall–Kier alpha value is -2.96. The summed E-state index contributed by atoms with van der Waals surface area (Å²) in [6, 6.07) is 0. The summed E-state index contributed by atoms with van der Waals surface area (Å²) in [7, 11) is 0. The van der Waals surface area contributed by atoms with E-state index in [4.69, 9.17) is 40.0 Å². The van der Waals surface area contributed by atoms with Crippen LogP contribution >= 0.6 is 11.6 Å². The van der Waals surface area contributed by atoms with Crippen LogP contribution in [0.3, 0.4) is 0 Å². The van der Waals surface area contributed by atoms with Gasteiger partial charge in [-0.05, 0) is 18.6 Å². The number of carbonyl (C=O) groups excluding carboxylic acids is 5. The van der Waals surface area contributed by atoms with Crippen molar-refractivity contribution in [3.8, 4) is 0 Å². The molecule has 11 atom stereocenters. The standard InChI is InChI=1S/C28H35ClO12/c1-12-8-9-18(37-14(3)30)26(7)19(38-15(4)31)10-20(39-16(5)32)27(11-36-27)22(26)24(40-17(6)33)28(35)13(2)25(34)41-23(28)21(12)29/h8-9,13,18-24,35H,1,10-11H2,2-7H3/b9-8+/t13-,18-,19-,20-,21-,22+,23+,24?,26-,27+,28-/m0/s1. The highest BCUT2D eigenvalue weighted by atomic mass is 35.5. The molecule has 0 aromatic carbocycles. The van der Waals surface area contributed by atoms with Gasteiger partial charge in [0.05, 0.1) is 23.3 Å². The highest BCUT2D eigenvalue weighted by Crippen LogP contribution is 2.63.